The van der Waals surface area contributed by atoms with Crippen LogP contribution in [0.2, 0.25) is 0 Å². The molecule has 1 aromatic carbocycles. The number of carbonyl (C=O) groups is 1. The Morgan fingerprint density at radius 3 is 2.94 bits per heavy atom. The minimum absolute atomic E-state index is 0.108. The van der Waals surface area contributed by atoms with Gasteiger partial charge >= 0.3 is 0 Å². The third kappa shape index (κ3) is 3.40. The number of hydrogen-bond donors (Lipinski definition) is 2. The predicted molar refractivity (Wildman–Crippen MR) is 68.9 cm³/mol. The Morgan fingerprint density at radius 2 is 2.22 bits per heavy atom. The van der Waals surface area contributed by atoms with E-state index in [1.165, 1.54) is 17.7 Å². The molecular weight excluding hydrogens is 231 g/mol. The van der Waals surface area contributed by atoms with E-state index in [0.29, 0.717) is 6.54 Å². The largest absolute Gasteiger partial charge is 0.352 e. The lowest BCUT2D eigenvalue weighted by Crippen LogP contribution is -2.27. The normalized spacial score (nSPS) is 15.1. The minimum atomic E-state index is -0.476. The van der Waals surface area contributed by atoms with Gasteiger partial charge in [0, 0.05) is 13.1 Å². The smallest absolute Gasteiger partial charge is 0.254 e. The van der Waals surface area contributed by atoms with Gasteiger partial charge in [0.2, 0.25) is 0 Å². The maximum Gasteiger partial charge on any atom is 0.254 e. The molecule has 0 bridgehead atoms. The number of amides is 1. The van der Waals surface area contributed by atoms with Gasteiger partial charge in [-0.05, 0) is 31.5 Å². The maximum atomic E-state index is 13.3. The average Bonchev–Trinajstić information content (AvgIpc) is 2.40. The van der Waals surface area contributed by atoms with Gasteiger partial charge in [0.25, 0.3) is 5.91 Å². The molecule has 1 amide bonds. The summed E-state index contributed by atoms with van der Waals surface area (Å²) >= 11 is 0. The molecule has 0 fully saturated rings. The second-order valence-corrected chi connectivity index (χ2v) is 4.30. The number of carbonyl (C=O) groups excluding carboxylic acids is 1. The van der Waals surface area contributed by atoms with Crippen LogP contribution < -0.4 is 10.6 Å². The highest BCUT2D eigenvalue weighted by molar-refractivity contribution is 5.94. The summed E-state index contributed by atoms with van der Waals surface area (Å²) in [4.78, 5) is 11.7. The van der Waals surface area contributed by atoms with Crippen molar-refractivity contribution in [3.8, 4) is 0 Å². The molecule has 1 aliphatic heterocycles. The Balaban J connectivity index is 1.82. The minimum Gasteiger partial charge on any atom is -0.352 e. The summed E-state index contributed by atoms with van der Waals surface area (Å²) < 4.78 is 13.3. The Morgan fingerprint density at radius 1 is 1.39 bits per heavy atom. The molecule has 1 heterocycles. The van der Waals surface area contributed by atoms with E-state index in [9.17, 15) is 9.18 Å². The van der Waals surface area contributed by atoms with Crippen molar-refractivity contribution in [2.75, 3.05) is 19.6 Å². The highest BCUT2D eigenvalue weighted by atomic mass is 19.1. The van der Waals surface area contributed by atoms with Gasteiger partial charge in [-0.3, -0.25) is 4.79 Å². The Bertz CT molecular complexity index is 457. The molecule has 96 valence electrons. The van der Waals surface area contributed by atoms with Gasteiger partial charge in [-0.1, -0.05) is 23.8 Å². The first kappa shape index (κ1) is 12.8. The van der Waals surface area contributed by atoms with Gasteiger partial charge in [-0.15, -0.1) is 0 Å². The lowest BCUT2D eigenvalue weighted by molar-refractivity contribution is 0.0950. The summed E-state index contributed by atoms with van der Waals surface area (Å²) in [5.74, 6) is -0.821. The molecule has 1 aromatic rings. The van der Waals surface area contributed by atoms with E-state index in [0.717, 1.165) is 25.9 Å². The van der Waals surface area contributed by atoms with Crippen LogP contribution in [0.3, 0.4) is 0 Å². The standard InChI is InChI=1S/C14H17FN2O/c15-13-4-2-1-3-12(13)14(18)17-10-7-11-5-8-16-9-6-11/h1-5,16H,6-10H2,(H,17,18). The summed E-state index contributed by atoms with van der Waals surface area (Å²) in [6.45, 7) is 2.45. The van der Waals surface area contributed by atoms with Crippen molar-refractivity contribution in [2.45, 2.75) is 12.8 Å². The summed E-state index contributed by atoms with van der Waals surface area (Å²) in [5, 5.41) is 5.98. The van der Waals surface area contributed by atoms with Crippen molar-refractivity contribution in [2.24, 2.45) is 0 Å². The Kier molecular flexibility index (Phi) is 4.47. The predicted octanol–water partition coefficient (Wildman–Crippen LogP) is 1.87. The zero-order valence-corrected chi connectivity index (χ0v) is 10.2. The maximum absolute atomic E-state index is 13.3. The van der Waals surface area contributed by atoms with Crippen molar-refractivity contribution >= 4 is 5.91 Å². The van der Waals surface area contributed by atoms with Crippen LogP contribution in [-0.2, 0) is 0 Å². The molecule has 0 aromatic heterocycles. The fourth-order valence-electron chi connectivity index (χ4n) is 1.97. The molecule has 0 radical (unpaired) electrons. The van der Waals surface area contributed by atoms with Gasteiger partial charge in [-0.2, -0.15) is 0 Å². The topological polar surface area (TPSA) is 41.1 Å². The Labute approximate surface area is 106 Å². The average molecular weight is 248 g/mol. The van der Waals surface area contributed by atoms with E-state index >= 15 is 0 Å². The highest BCUT2D eigenvalue weighted by Crippen LogP contribution is 2.09. The SMILES string of the molecule is O=C(NCCC1=CCNCC1)c1ccccc1F. The zero-order valence-electron chi connectivity index (χ0n) is 10.2. The van der Waals surface area contributed by atoms with Crippen LogP contribution in [0, 0.1) is 5.82 Å². The van der Waals surface area contributed by atoms with Crippen LogP contribution in [0.15, 0.2) is 35.9 Å². The first-order valence-corrected chi connectivity index (χ1v) is 6.19. The van der Waals surface area contributed by atoms with Crippen molar-refractivity contribution in [1.82, 2.24) is 10.6 Å². The first-order valence-electron chi connectivity index (χ1n) is 6.19. The molecule has 4 heteroatoms. The molecule has 0 atom stereocenters. The molecule has 3 nitrogen and oxygen atoms in total. The Hall–Kier alpha value is -1.68. The summed E-state index contributed by atoms with van der Waals surface area (Å²) in [7, 11) is 0. The fourth-order valence-corrected chi connectivity index (χ4v) is 1.97. The van der Waals surface area contributed by atoms with Gasteiger partial charge in [0.15, 0.2) is 0 Å². The van der Waals surface area contributed by atoms with Crippen LogP contribution in [0.25, 0.3) is 0 Å². The number of rotatable bonds is 4. The lowest BCUT2D eigenvalue weighted by atomic mass is 10.1. The number of hydrogen-bond acceptors (Lipinski definition) is 2. The molecule has 2 rings (SSSR count). The van der Waals surface area contributed by atoms with E-state index in [1.807, 2.05) is 0 Å². The van der Waals surface area contributed by atoms with Crippen molar-refractivity contribution < 1.29 is 9.18 Å². The zero-order chi connectivity index (χ0) is 12.8. The van der Waals surface area contributed by atoms with E-state index in [-0.39, 0.29) is 11.5 Å². The summed E-state index contributed by atoms with van der Waals surface area (Å²) in [5.41, 5.74) is 1.46. The summed E-state index contributed by atoms with van der Waals surface area (Å²) in [6, 6.07) is 6.03. The quantitative estimate of drug-likeness (QED) is 0.799. The van der Waals surface area contributed by atoms with Crippen LogP contribution in [-0.4, -0.2) is 25.5 Å². The third-order valence-electron chi connectivity index (χ3n) is 3.01. The van der Waals surface area contributed by atoms with Crippen molar-refractivity contribution in [3.63, 3.8) is 0 Å². The molecule has 2 N–H and O–H groups in total. The van der Waals surface area contributed by atoms with Crippen LogP contribution >= 0.6 is 0 Å². The molecular formula is C14H17FN2O. The second-order valence-electron chi connectivity index (χ2n) is 4.30. The molecule has 18 heavy (non-hydrogen) atoms. The van der Waals surface area contributed by atoms with Crippen LogP contribution in [0.4, 0.5) is 4.39 Å². The number of halogens is 1. The number of nitrogens with one attached hydrogen (secondary N) is 2. The fraction of sp³-hybridized carbons (Fsp3) is 0.357. The molecule has 0 unspecified atom stereocenters. The van der Waals surface area contributed by atoms with Crippen molar-refractivity contribution in [1.29, 1.82) is 0 Å². The molecule has 0 saturated heterocycles. The number of benzene rings is 1. The monoisotopic (exact) mass is 248 g/mol. The molecule has 0 spiro atoms. The third-order valence-corrected chi connectivity index (χ3v) is 3.01. The molecule has 1 aliphatic rings. The first-order chi connectivity index (χ1) is 8.77. The van der Waals surface area contributed by atoms with Crippen LogP contribution in [0.5, 0.6) is 0 Å². The second kappa shape index (κ2) is 6.31. The van der Waals surface area contributed by atoms with Gasteiger partial charge in [0.1, 0.15) is 5.82 Å². The van der Waals surface area contributed by atoms with Gasteiger partial charge < -0.3 is 10.6 Å². The molecule has 0 saturated carbocycles. The van der Waals surface area contributed by atoms with E-state index in [2.05, 4.69) is 16.7 Å². The van der Waals surface area contributed by atoms with E-state index in [1.54, 1.807) is 12.1 Å². The lowest BCUT2D eigenvalue weighted by Gasteiger charge is -2.14. The molecule has 0 aliphatic carbocycles. The van der Waals surface area contributed by atoms with E-state index < -0.39 is 5.82 Å². The van der Waals surface area contributed by atoms with Gasteiger partial charge in [-0.25, -0.2) is 4.39 Å². The van der Waals surface area contributed by atoms with Gasteiger partial charge in [0.05, 0.1) is 5.56 Å². The summed E-state index contributed by atoms with van der Waals surface area (Å²) in [6.07, 6.45) is 4.01. The van der Waals surface area contributed by atoms with Crippen LogP contribution in [0.1, 0.15) is 23.2 Å². The van der Waals surface area contributed by atoms with Crippen molar-refractivity contribution in [3.05, 3.63) is 47.3 Å². The highest BCUT2D eigenvalue weighted by Gasteiger charge is 2.10. The van der Waals surface area contributed by atoms with E-state index in [4.69, 9.17) is 0 Å².